The lowest BCUT2D eigenvalue weighted by molar-refractivity contribution is -0.183. The van der Waals surface area contributed by atoms with Crippen molar-refractivity contribution in [3.63, 3.8) is 0 Å². The van der Waals surface area contributed by atoms with Gasteiger partial charge >= 0.3 is 6.18 Å². The number of amides is 1. The minimum atomic E-state index is -4.16. The van der Waals surface area contributed by atoms with E-state index in [9.17, 15) is 18.0 Å². The highest BCUT2D eigenvalue weighted by atomic mass is 19.4. The maximum Gasteiger partial charge on any atom is 0.391 e. The van der Waals surface area contributed by atoms with Crippen molar-refractivity contribution in [3.8, 4) is 0 Å². The molecule has 3 rings (SSSR count). The van der Waals surface area contributed by atoms with Gasteiger partial charge in [-0.2, -0.15) is 13.2 Å². The summed E-state index contributed by atoms with van der Waals surface area (Å²) in [5.74, 6) is -1.13. The van der Waals surface area contributed by atoms with Gasteiger partial charge in [-0.25, -0.2) is 4.99 Å². The van der Waals surface area contributed by atoms with Crippen LogP contribution in [0.15, 0.2) is 29.3 Å². The first-order valence-corrected chi connectivity index (χ1v) is 7.81. The summed E-state index contributed by atoms with van der Waals surface area (Å²) in [6.45, 7) is 0.476. The topological polar surface area (TPSA) is 61.9 Å². The lowest BCUT2D eigenvalue weighted by Crippen LogP contribution is -2.43. The molecule has 2 aliphatic rings. The minimum absolute atomic E-state index is 0.0176. The van der Waals surface area contributed by atoms with Gasteiger partial charge in [0, 0.05) is 25.7 Å². The van der Waals surface area contributed by atoms with Crippen molar-refractivity contribution in [2.75, 3.05) is 25.0 Å². The maximum atomic E-state index is 12.9. The second-order valence-electron chi connectivity index (χ2n) is 6.11. The van der Waals surface area contributed by atoms with E-state index in [0.717, 1.165) is 0 Å². The van der Waals surface area contributed by atoms with Crippen molar-refractivity contribution in [1.82, 2.24) is 4.90 Å². The number of hydrogen-bond donors (Lipinski definition) is 1. The van der Waals surface area contributed by atoms with Crippen LogP contribution in [-0.4, -0.2) is 49.1 Å². The Morgan fingerprint density at radius 2 is 1.83 bits per heavy atom. The average Bonchev–Trinajstić information content (AvgIpc) is 2.65. The number of para-hydroxylation sites is 1. The minimum Gasteiger partial charge on any atom is -0.356 e. The zero-order chi connectivity index (χ0) is 17.5. The molecule has 1 aromatic carbocycles. The van der Waals surface area contributed by atoms with Crippen LogP contribution in [0.25, 0.3) is 0 Å². The van der Waals surface area contributed by atoms with Gasteiger partial charge in [-0.3, -0.25) is 4.79 Å². The number of alkyl halides is 3. The maximum absolute atomic E-state index is 12.9. The number of hydrogen-bond acceptors (Lipinski definition) is 4. The van der Waals surface area contributed by atoms with Crippen molar-refractivity contribution >= 4 is 17.4 Å². The van der Waals surface area contributed by atoms with E-state index < -0.39 is 18.3 Å². The number of nitrogens with two attached hydrogens (primary N) is 1. The molecule has 0 saturated carbocycles. The molecule has 0 aromatic heterocycles. The monoisotopic (exact) mass is 340 g/mol. The SMILES string of the molecule is CN1C(=O)C(N)N=C(N2CCC(C(F)(F)F)CC2)c2ccccc21. The number of carbonyl (C=O) groups excluding carboxylic acids is 1. The van der Waals surface area contributed by atoms with Crippen LogP contribution < -0.4 is 10.6 Å². The molecule has 0 aliphatic carbocycles. The number of carbonyl (C=O) groups is 1. The summed E-state index contributed by atoms with van der Waals surface area (Å²) in [6.07, 6.45) is -5.19. The molecule has 0 bridgehead atoms. The van der Waals surface area contributed by atoms with E-state index in [-0.39, 0.29) is 31.8 Å². The van der Waals surface area contributed by atoms with Crippen LogP contribution >= 0.6 is 0 Å². The number of rotatable bonds is 0. The smallest absolute Gasteiger partial charge is 0.356 e. The standard InChI is InChI=1S/C16H19F3N4O/c1-22-12-5-3-2-4-11(12)14(21-13(20)15(22)24)23-8-6-10(7-9-23)16(17,18)19/h2-5,10,13H,6-9,20H2,1H3. The fraction of sp³-hybridized carbons (Fsp3) is 0.500. The number of nitrogens with zero attached hydrogens (tertiary/aromatic N) is 3. The zero-order valence-corrected chi connectivity index (χ0v) is 13.3. The number of likely N-dealkylation sites (N-methyl/N-ethyl adjacent to an activating group) is 1. The number of benzodiazepines with no additional fused rings is 1. The summed E-state index contributed by atoms with van der Waals surface area (Å²) >= 11 is 0. The summed E-state index contributed by atoms with van der Waals surface area (Å²) < 4.78 is 38.6. The van der Waals surface area contributed by atoms with Crippen molar-refractivity contribution < 1.29 is 18.0 Å². The number of anilines is 1. The van der Waals surface area contributed by atoms with Crippen LogP contribution in [0.2, 0.25) is 0 Å². The second-order valence-corrected chi connectivity index (χ2v) is 6.11. The quantitative estimate of drug-likeness (QED) is 0.785. The molecule has 5 nitrogen and oxygen atoms in total. The molecule has 1 amide bonds. The van der Waals surface area contributed by atoms with E-state index in [4.69, 9.17) is 5.73 Å². The van der Waals surface area contributed by atoms with Crippen molar-refractivity contribution in [2.45, 2.75) is 25.2 Å². The van der Waals surface area contributed by atoms with Crippen molar-refractivity contribution in [1.29, 1.82) is 0 Å². The number of fused-ring (bicyclic) bond motifs is 1. The Kier molecular flexibility index (Phi) is 4.25. The van der Waals surface area contributed by atoms with Crippen LogP contribution in [0.4, 0.5) is 18.9 Å². The van der Waals surface area contributed by atoms with Gasteiger partial charge in [0.1, 0.15) is 5.84 Å². The van der Waals surface area contributed by atoms with Crippen LogP contribution in [-0.2, 0) is 4.79 Å². The fourth-order valence-corrected chi connectivity index (χ4v) is 3.20. The molecule has 2 N–H and O–H groups in total. The van der Waals surface area contributed by atoms with Crippen molar-refractivity contribution in [2.24, 2.45) is 16.6 Å². The summed E-state index contributed by atoms with van der Waals surface area (Å²) in [5.41, 5.74) is 7.23. The van der Waals surface area contributed by atoms with E-state index in [1.54, 1.807) is 24.1 Å². The molecule has 0 radical (unpaired) electrons. The third-order valence-corrected chi connectivity index (χ3v) is 4.61. The molecule has 8 heteroatoms. The Morgan fingerprint density at radius 1 is 1.21 bits per heavy atom. The normalized spacial score (nSPS) is 23.0. The van der Waals surface area contributed by atoms with Gasteiger partial charge in [0.05, 0.1) is 11.6 Å². The lowest BCUT2D eigenvalue weighted by Gasteiger charge is -2.35. The van der Waals surface area contributed by atoms with E-state index in [1.165, 1.54) is 4.90 Å². The molecule has 1 fully saturated rings. The van der Waals surface area contributed by atoms with Crippen molar-refractivity contribution in [3.05, 3.63) is 29.8 Å². The highest BCUT2D eigenvalue weighted by Gasteiger charge is 2.42. The number of piperidine rings is 1. The van der Waals surface area contributed by atoms with Crippen LogP contribution in [0, 0.1) is 5.92 Å². The third-order valence-electron chi connectivity index (χ3n) is 4.61. The summed E-state index contributed by atoms with van der Waals surface area (Å²) in [7, 11) is 1.62. The fourth-order valence-electron chi connectivity index (χ4n) is 3.20. The number of amidine groups is 1. The van der Waals surface area contributed by atoms with E-state index in [1.807, 2.05) is 12.1 Å². The van der Waals surface area contributed by atoms with Gasteiger partial charge in [0.2, 0.25) is 0 Å². The lowest BCUT2D eigenvalue weighted by atomic mass is 9.95. The largest absolute Gasteiger partial charge is 0.391 e. The summed E-state index contributed by atoms with van der Waals surface area (Å²) in [6, 6.07) is 7.20. The highest BCUT2D eigenvalue weighted by Crippen LogP contribution is 2.35. The van der Waals surface area contributed by atoms with Gasteiger partial charge < -0.3 is 15.5 Å². The molecule has 1 unspecified atom stereocenters. The number of aliphatic imine (C=N–C) groups is 1. The van der Waals surface area contributed by atoms with Gasteiger partial charge in [-0.1, -0.05) is 12.1 Å². The zero-order valence-electron chi connectivity index (χ0n) is 13.3. The Hall–Kier alpha value is -2.09. The molecule has 1 aromatic rings. The molecular weight excluding hydrogens is 321 g/mol. The molecule has 130 valence electrons. The van der Waals surface area contributed by atoms with Crippen LogP contribution in [0.5, 0.6) is 0 Å². The molecule has 1 atom stereocenters. The first-order chi connectivity index (χ1) is 11.3. The predicted molar refractivity (Wildman–Crippen MR) is 84.7 cm³/mol. The van der Waals surface area contributed by atoms with Gasteiger partial charge in [0.15, 0.2) is 6.17 Å². The molecule has 24 heavy (non-hydrogen) atoms. The van der Waals surface area contributed by atoms with E-state index >= 15 is 0 Å². The van der Waals surface area contributed by atoms with E-state index in [2.05, 4.69) is 4.99 Å². The number of halogens is 3. The molecular formula is C16H19F3N4O. The molecule has 2 heterocycles. The third kappa shape index (κ3) is 2.98. The summed E-state index contributed by atoms with van der Waals surface area (Å²) in [4.78, 5) is 19.8. The molecule has 2 aliphatic heterocycles. The van der Waals surface area contributed by atoms with Gasteiger partial charge in [-0.15, -0.1) is 0 Å². The highest BCUT2D eigenvalue weighted by molar-refractivity contribution is 6.11. The number of likely N-dealkylation sites (tertiary alicyclic amines) is 1. The summed E-state index contributed by atoms with van der Waals surface area (Å²) in [5, 5.41) is 0. The Balaban J connectivity index is 1.91. The first-order valence-electron chi connectivity index (χ1n) is 7.81. The second kappa shape index (κ2) is 6.08. The van der Waals surface area contributed by atoms with Crippen LogP contribution in [0.1, 0.15) is 18.4 Å². The molecule has 1 saturated heterocycles. The number of benzene rings is 1. The van der Waals surface area contributed by atoms with E-state index in [0.29, 0.717) is 17.1 Å². The Labute approximate surface area is 137 Å². The average molecular weight is 340 g/mol. The Morgan fingerprint density at radius 3 is 2.46 bits per heavy atom. The van der Waals surface area contributed by atoms with Crippen LogP contribution in [0.3, 0.4) is 0 Å². The van der Waals surface area contributed by atoms with Gasteiger partial charge in [-0.05, 0) is 25.0 Å². The predicted octanol–water partition coefficient (Wildman–Crippen LogP) is 1.97. The van der Waals surface area contributed by atoms with Gasteiger partial charge in [0.25, 0.3) is 5.91 Å². The Bertz CT molecular complexity index is 666. The molecule has 0 spiro atoms. The first kappa shape index (κ1) is 16.8.